The molecule has 21 nitrogen and oxygen atoms in total. The normalized spacial score (nSPS) is 15.2. The Morgan fingerprint density at radius 3 is 2.02 bits per heavy atom. The van der Waals surface area contributed by atoms with E-state index < -0.39 is 56.6 Å². The SMILES string of the molecule is Cc1cc(NC(=O)NCCN2CCC(N(CC(=O)Nc3nc(C)c(S(=O)(=O)N(CCNC(=O)Nc4cc(C)nc5ccccc45)C4CCNCC4)s3)S(=O)(=O)c3ccc(COc4cccc(Cl)c4C#N)cc3)C2)c2ccccc2n1. The quantitative estimate of drug-likeness (QED) is 0.0435. The summed E-state index contributed by atoms with van der Waals surface area (Å²) in [7, 11) is -8.63. The summed E-state index contributed by atoms with van der Waals surface area (Å²) in [5.74, 6) is -0.475. The molecule has 1 unspecified atom stereocenters. The van der Waals surface area contributed by atoms with Gasteiger partial charge in [-0.2, -0.15) is 13.9 Å². The Morgan fingerprint density at radius 2 is 1.39 bits per heavy atom. The number of nitriles is 1. The number of carbonyl (C=O) groups is 3. The van der Waals surface area contributed by atoms with Crippen LogP contribution in [0.3, 0.4) is 0 Å². The van der Waals surface area contributed by atoms with Gasteiger partial charge in [0.25, 0.3) is 10.0 Å². The number of carbonyl (C=O) groups excluding carboxylic acids is 3. The molecule has 418 valence electrons. The first-order valence-electron chi connectivity index (χ1n) is 25.9. The minimum atomic E-state index is -4.38. The highest BCUT2D eigenvalue weighted by Gasteiger charge is 2.39. The Labute approximate surface area is 473 Å². The summed E-state index contributed by atoms with van der Waals surface area (Å²) in [6, 6.07) is 29.3. The Morgan fingerprint density at radius 1 is 0.762 bits per heavy atom. The lowest BCUT2D eigenvalue weighted by Crippen LogP contribution is -2.49. The summed E-state index contributed by atoms with van der Waals surface area (Å²) in [5, 5.41) is 28.8. The highest BCUT2D eigenvalue weighted by atomic mass is 35.5. The van der Waals surface area contributed by atoms with E-state index in [1.807, 2.05) is 73.3 Å². The third-order valence-electron chi connectivity index (χ3n) is 13.7. The lowest BCUT2D eigenvalue weighted by molar-refractivity contribution is -0.116. The van der Waals surface area contributed by atoms with Gasteiger partial charge in [0.2, 0.25) is 15.9 Å². The van der Waals surface area contributed by atoms with Gasteiger partial charge in [-0.15, -0.1) is 0 Å². The van der Waals surface area contributed by atoms with Crippen molar-refractivity contribution in [2.75, 3.05) is 74.9 Å². The zero-order valence-corrected chi connectivity index (χ0v) is 47.4. The van der Waals surface area contributed by atoms with Crippen molar-refractivity contribution in [1.82, 2.24) is 44.4 Å². The number of para-hydroxylation sites is 2. The van der Waals surface area contributed by atoms with Crippen LogP contribution in [0.25, 0.3) is 21.8 Å². The Bertz CT molecular complexity index is 3710. The van der Waals surface area contributed by atoms with Crippen LogP contribution in [0.15, 0.2) is 112 Å². The van der Waals surface area contributed by atoms with Crippen molar-refractivity contribution in [3.63, 3.8) is 0 Å². The molecule has 5 heterocycles. The molecule has 2 aliphatic rings. The summed E-state index contributed by atoms with van der Waals surface area (Å²) < 4.78 is 67.2. The maximum Gasteiger partial charge on any atom is 0.319 e. The van der Waals surface area contributed by atoms with E-state index in [2.05, 4.69) is 46.9 Å². The topological polar surface area (TPSA) is 273 Å². The first kappa shape index (κ1) is 57.3. The Kier molecular flexibility index (Phi) is 18.2. The molecule has 25 heteroatoms. The van der Waals surface area contributed by atoms with Crippen LogP contribution in [0, 0.1) is 32.1 Å². The van der Waals surface area contributed by atoms with Crippen LogP contribution in [-0.2, 0) is 31.4 Å². The average Bonchev–Trinajstić information content (AvgIpc) is 4.07. The number of amides is 5. The second kappa shape index (κ2) is 25.4. The third-order valence-corrected chi connectivity index (χ3v) is 19.6. The largest absolute Gasteiger partial charge is 0.487 e. The number of piperidine rings is 1. The van der Waals surface area contributed by atoms with Crippen LogP contribution in [0.5, 0.6) is 5.75 Å². The smallest absolute Gasteiger partial charge is 0.319 e. The van der Waals surface area contributed by atoms with E-state index >= 15 is 0 Å². The molecule has 4 aromatic carbocycles. The van der Waals surface area contributed by atoms with Crippen molar-refractivity contribution in [1.29, 1.82) is 5.26 Å². The molecule has 0 bridgehead atoms. The third kappa shape index (κ3) is 13.6. The lowest BCUT2D eigenvalue weighted by Gasteiger charge is -2.33. The highest BCUT2D eigenvalue weighted by molar-refractivity contribution is 7.91. The average molecular weight is 1160 g/mol. The first-order valence-corrected chi connectivity index (χ1v) is 30.0. The standard InChI is InChI=1S/C55H60ClN13O8S3/c1-35-29-48(42-9-4-6-12-46(42)61-35)64-53(71)59-24-27-67-26-21-40(32-67)69(79(73,74)41-17-15-38(16-18-41)34-77-50-14-8-11-45(56)44(50)31-57)33-51(70)66-55-63-37(3)52(78-55)80(75,76)68(39-19-22-58-23-20-39)28-25-60-54(72)65-49-30-36(2)62-47-13-7-5-10-43(47)49/h4-18,29-30,39-40,58H,19-28,32-34H2,1-3H3,(H,63,66,70)(H2,59,61,64,71)(H2,60,62,65,72). The molecule has 9 rings (SSSR count). The van der Waals surface area contributed by atoms with Gasteiger partial charge in [0.15, 0.2) is 9.34 Å². The number of sulfonamides is 2. The Hall–Kier alpha value is -7.34. The summed E-state index contributed by atoms with van der Waals surface area (Å²) in [6.07, 6.45) is 1.41. The number of benzene rings is 4. The lowest BCUT2D eigenvalue weighted by atomic mass is 10.1. The predicted octanol–water partition coefficient (Wildman–Crippen LogP) is 7.36. The minimum absolute atomic E-state index is 0.00307. The van der Waals surface area contributed by atoms with Gasteiger partial charge in [-0.1, -0.05) is 77.5 Å². The number of hydrogen-bond donors (Lipinski definition) is 6. The van der Waals surface area contributed by atoms with Gasteiger partial charge in [0.05, 0.1) is 44.6 Å². The molecule has 6 N–H and O–H groups in total. The first-order chi connectivity index (χ1) is 38.5. The van der Waals surface area contributed by atoms with Gasteiger partial charge in [-0.05, 0) is 114 Å². The van der Waals surface area contributed by atoms with E-state index in [9.17, 15) is 36.5 Å². The molecule has 0 radical (unpaired) electrons. The molecule has 80 heavy (non-hydrogen) atoms. The van der Waals surface area contributed by atoms with Gasteiger partial charge in [-0.25, -0.2) is 31.4 Å². The summed E-state index contributed by atoms with van der Waals surface area (Å²) in [6.45, 7) is 7.00. The van der Waals surface area contributed by atoms with Crippen molar-refractivity contribution in [2.45, 2.75) is 67.8 Å². The van der Waals surface area contributed by atoms with Crippen molar-refractivity contribution in [3.8, 4) is 11.8 Å². The highest BCUT2D eigenvalue weighted by Crippen LogP contribution is 2.33. The van der Waals surface area contributed by atoms with Gasteiger partial charge >= 0.3 is 12.1 Å². The molecule has 2 saturated heterocycles. The van der Waals surface area contributed by atoms with E-state index in [1.54, 1.807) is 42.5 Å². The molecule has 2 aliphatic heterocycles. The molecule has 5 amide bonds. The van der Waals surface area contributed by atoms with Crippen molar-refractivity contribution in [2.24, 2.45) is 0 Å². The van der Waals surface area contributed by atoms with Gasteiger partial charge in [0, 0.05) is 67.0 Å². The van der Waals surface area contributed by atoms with E-state index in [0.29, 0.717) is 68.1 Å². The van der Waals surface area contributed by atoms with Crippen LogP contribution in [-0.4, -0.2) is 134 Å². The number of fused-ring (bicyclic) bond motifs is 2. The van der Waals surface area contributed by atoms with E-state index in [0.717, 1.165) is 43.1 Å². The second-order valence-corrected chi connectivity index (χ2v) is 24.8. The molecule has 7 aromatic rings. The molecule has 0 spiro atoms. The fourth-order valence-electron chi connectivity index (χ4n) is 9.89. The van der Waals surface area contributed by atoms with E-state index in [1.165, 1.54) is 23.4 Å². The number of nitrogens with zero attached hydrogens (tertiary/aromatic N) is 7. The monoisotopic (exact) mass is 1160 g/mol. The maximum atomic E-state index is 14.8. The summed E-state index contributed by atoms with van der Waals surface area (Å²) in [4.78, 5) is 56.0. The summed E-state index contributed by atoms with van der Waals surface area (Å²) >= 11 is 6.96. The molecule has 0 saturated carbocycles. The fraction of sp³-hybridized carbons (Fsp3) is 0.327. The number of nitrogens with one attached hydrogen (secondary N) is 6. The van der Waals surface area contributed by atoms with Gasteiger partial charge in [-0.3, -0.25) is 19.7 Å². The number of urea groups is 2. The molecule has 0 aliphatic carbocycles. The van der Waals surface area contributed by atoms with E-state index in [-0.39, 0.29) is 69.1 Å². The van der Waals surface area contributed by atoms with Crippen LogP contribution < -0.4 is 36.6 Å². The number of hydrogen-bond acceptors (Lipinski definition) is 15. The number of anilines is 3. The fourth-order valence-corrected chi connectivity index (χ4v) is 14.9. The van der Waals surface area contributed by atoms with Crippen molar-refractivity contribution < 1.29 is 36.0 Å². The molecular formula is C55H60ClN13O8S3. The summed E-state index contributed by atoms with van der Waals surface area (Å²) in [5.41, 5.74) is 5.02. The number of thiazole rings is 1. The van der Waals surface area contributed by atoms with Gasteiger partial charge < -0.3 is 36.6 Å². The van der Waals surface area contributed by atoms with Crippen LogP contribution >= 0.6 is 22.9 Å². The zero-order valence-electron chi connectivity index (χ0n) is 44.2. The molecule has 2 fully saturated rings. The maximum absolute atomic E-state index is 14.8. The van der Waals surface area contributed by atoms with Crippen LogP contribution in [0.2, 0.25) is 5.02 Å². The number of likely N-dealkylation sites (tertiary alicyclic amines) is 1. The number of pyridine rings is 2. The number of halogens is 1. The molecular weight excluding hydrogens is 1100 g/mol. The van der Waals surface area contributed by atoms with Crippen molar-refractivity contribution in [3.05, 3.63) is 136 Å². The molecule has 1 atom stereocenters. The van der Waals surface area contributed by atoms with Gasteiger partial charge in [0.1, 0.15) is 24.0 Å². The molecule has 3 aromatic heterocycles. The number of aryl methyl sites for hydroxylation is 3. The van der Waals surface area contributed by atoms with Crippen LogP contribution in [0.4, 0.5) is 26.1 Å². The number of rotatable bonds is 20. The number of aromatic nitrogens is 3. The van der Waals surface area contributed by atoms with Crippen molar-refractivity contribution >= 4 is 99.3 Å². The predicted molar refractivity (Wildman–Crippen MR) is 308 cm³/mol. The Balaban J connectivity index is 0.883. The van der Waals surface area contributed by atoms with Crippen LogP contribution in [0.1, 0.15) is 47.5 Å². The second-order valence-electron chi connectivity index (χ2n) is 19.4. The van der Waals surface area contributed by atoms with E-state index in [4.69, 9.17) is 16.3 Å². The zero-order chi connectivity index (χ0) is 56.6. The minimum Gasteiger partial charge on any atom is -0.487 e. The number of ether oxygens (including phenoxy) is 1.